The Hall–Kier alpha value is -1.15. The smallest absolute Gasteiger partial charge is 0.177 e. The van der Waals surface area contributed by atoms with Gasteiger partial charge in [-0.3, -0.25) is 9.69 Å². The van der Waals surface area contributed by atoms with Gasteiger partial charge in [0.2, 0.25) is 0 Å². The normalized spacial score (nSPS) is 20.7. The van der Waals surface area contributed by atoms with Gasteiger partial charge in [-0.25, -0.2) is 0 Å². The average Bonchev–Trinajstić information content (AvgIpc) is 2.76. The van der Waals surface area contributed by atoms with Crippen LogP contribution >= 0.6 is 0 Å². The van der Waals surface area contributed by atoms with Crippen LogP contribution in [0.3, 0.4) is 0 Å². The minimum Gasteiger partial charge on any atom is -0.293 e. The Morgan fingerprint density at radius 3 is 2.88 bits per heavy atom. The number of likely N-dealkylation sites (tertiary alicyclic amines) is 1. The van der Waals surface area contributed by atoms with Gasteiger partial charge in [-0.15, -0.1) is 0 Å². The standard InChI is InChI=1S/C15H21NO/c1-3-13-8-6-10-16(13)11-15(17)14-9-5-4-7-12(14)2/h4-5,7,9,13H,3,6,8,10-11H2,1-2H3. The molecule has 1 atom stereocenters. The first-order chi connectivity index (χ1) is 8.22. The summed E-state index contributed by atoms with van der Waals surface area (Å²) < 4.78 is 0. The van der Waals surface area contributed by atoms with Gasteiger partial charge in [0.25, 0.3) is 0 Å². The first-order valence-corrected chi connectivity index (χ1v) is 6.55. The summed E-state index contributed by atoms with van der Waals surface area (Å²) in [5, 5.41) is 0. The van der Waals surface area contributed by atoms with E-state index < -0.39 is 0 Å². The molecule has 0 spiro atoms. The van der Waals surface area contributed by atoms with Crippen LogP contribution in [0.1, 0.15) is 42.1 Å². The van der Waals surface area contributed by atoms with Crippen molar-refractivity contribution in [3.63, 3.8) is 0 Å². The Kier molecular flexibility index (Phi) is 3.95. The molecule has 0 N–H and O–H groups in total. The van der Waals surface area contributed by atoms with Crippen molar-refractivity contribution in [2.24, 2.45) is 0 Å². The molecule has 1 unspecified atom stereocenters. The average molecular weight is 231 g/mol. The van der Waals surface area contributed by atoms with E-state index in [4.69, 9.17) is 0 Å². The number of rotatable bonds is 4. The van der Waals surface area contributed by atoms with Gasteiger partial charge in [-0.1, -0.05) is 31.2 Å². The second-order valence-electron chi connectivity index (χ2n) is 4.91. The Labute approximate surface area is 104 Å². The van der Waals surface area contributed by atoms with Crippen LogP contribution in [0.5, 0.6) is 0 Å². The number of hydrogen-bond donors (Lipinski definition) is 0. The van der Waals surface area contributed by atoms with E-state index >= 15 is 0 Å². The van der Waals surface area contributed by atoms with Crippen molar-refractivity contribution in [3.05, 3.63) is 35.4 Å². The summed E-state index contributed by atoms with van der Waals surface area (Å²) in [7, 11) is 0. The van der Waals surface area contributed by atoms with E-state index in [2.05, 4.69) is 11.8 Å². The van der Waals surface area contributed by atoms with Crippen molar-refractivity contribution >= 4 is 5.78 Å². The maximum absolute atomic E-state index is 12.2. The molecule has 0 radical (unpaired) electrons. The van der Waals surface area contributed by atoms with Crippen molar-refractivity contribution in [3.8, 4) is 0 Å². The number of aryl methyl sites for hydroxylation is 1. The molecule has 1 fully saturated rings. The molecular weight excluding hydrogens is 210 g/mol. The van der Waals surface area contributed by atoms with Crippen LogP contribution in [0.15, 0.2) is 24.3 Å². The Balaban J connectivity index is 2.04. The summed E-state index contributed by atoms with van der Waals surface area (Å²) >= 11 is 0. The maximum Gasteiger partial charge on any atom is 0.177 e. The Morgan fingerprint density at radius 2 is 2.18 bits per heavy atom. The molecule has 0 amide bonds. The highest BCUT2D eigenvalue weighted by atomic mass is 16.1. The van der Waals surface area contributed by atoms with Crippen LogP contribution in [-0.2, 0) is 0 Å². The van der Waals surface area contributed by atoms with Gasteiger partial charge in [0.15, 0.2) is 5.78 Å². The topological polar surface area (TPSA) is 20.3 Å². The Morgan fingerprint density at radius 1 is 1.41 bits per heavy atom. The monoisotopic (exact) mass is 231 g/mol. The molecule has 92 valence electrons. The third kappa shape index (κ3) is 2.75. The molecule has 2 heteroatoms. The number of ketones is 1. The number of Topliss-reactive ketones (excluding diaryl/α,β-unsaturated/α-hetero) is 1. The third-order valence-corrected chi connectivity index (χ3v) is 3.76. The molecule has 1 heterocycles. The number of carbonyl (C=O) groups excluding carboxylic acids is 1. The highest BCUT2D eigenvalue weighted by molar-refractivity contribution is 5.98. The van der Waals surface area contributed by atoms with E-state index in [9.17, 15) is 4.79 Å². The highest BCUT2D eigenvalue weighted by Crippen LogP contribution is 2.20. The number of hydrogen-bond acceptors (Lipinski definition) is 2. The Bertz CT molecular complexity index is 400. The van der Waals surface area contributed by atoms with E-state index in [1.54, 1.807) is 0 Å². The lowest BCUT2D eigenvalue weighted by Gasteiger charge is -2.22. The van der Waals surface area contributed by atoms with Crippen molar-refractivity contribution < 1.29 is 4.79 Å². The van der Waals surface area contributed by atoms with Crippen LogP contribution in [0.25, 0.3) is 0 Å². The molecule has 17 heavy (non-hydrogen) atoms. The van der Waals surface area contributed by atoms with Gasteiger partial charge in [-0.2, -0.15) is 0 Å². The van der Waals surface area contributed by atoms with Crippen LogP contribution in [0.4, 0.5) is 0 Å². The van der Waals surface area contributed by atoms with Crippen molar-refractivity contribution in [1.29, 1.82) is 0 Å². The summed E-state index contributed by atoms with van der Waals surface area (Å²) in [4.78, 5) is 14.6. The van der Waals surface area contributed by atoms with Gasteiger partial charge in [0, 0.05) is 11.6 Å². The van der Waals surface area contributed by atoms with E-state index in [0.29, 0.717) is 12.6 Å². The number of nitrogens with zero attached hydrogens (tertiary/aromatic N) is 1. The van der Waals surface area contributed by atoms with Gasteiger partial charge in [0.1, 0.15) is 0 Å². The molecule has 0 aliphatic carbocycles. The minimum absolute atomic E-state index is 0.267. The first-order valence-electron chi connectivity index (χ1n) is 6.55. The zero-order valence-electron chi connectivity index (χ0n) is 10.8. The van der Waals surface area contributed by atoms with E-state index in [1.165, 1.54) is 12.8 Å². The molecule has 0 bridgehead atoms. The van der Waals surface area contributed by atoms with Crippen molar-refractivity contribution in [2.45, 2.75) is 39.2 Å². The van der Waals surface area contributed by atoms with Crippen LogP contribution in [0.2, 0.25) is 0 Å². The molecule has 0 aromatic heterocycles. The predicted octanol–water partition coefficient (Wildman–Crippen LogP) is 3.05. The largest absolute Gasteiger partial charge is 0.293 e. The van der Waals surface area contributed by atoms with Crippen molar-refractivity contribution in [1.82, 2.24) is 4.90 Å². The second-order valence-corrected chi connectivity index (χ2v) is 4.91. The first kappa shape index (κ1) is 12.3. The summed E-state index contributed by atoms with van der Waals surface area (Å²) in [6.07, 6.45) is 3.64. The fourth-order valence-corrected chi connectivity index (χ4v) is 2.72. The van der Waals surface area contributed by atoms with Crippen LogP contribution in [-0.4, -0.2) is 29.8 Å². The van der Waals surface area contributed by atoms with Crippen LogP contribution < -0.4 is 0 Å². The minimum atomic E-state index is 0.267. The molecule has 2 rings (SSSR count). The van der Waals surface area contributed by atoms with E-state index in [-0.39, 0.29) is 5.78 Å². The zero-order valence-corrected chi connectivity index (χ0v) is 10.8. The van der Waals surface area contributed by atoms with Crippen molar-refractivity contribution in [2.75, 3.05) is 13.1 Å². The number of benzene rings is 1. The second kappa shape index (κ2) is 5.46. The van der Waals surface area contributed by atoms with Gasteiger partial charge < -0.3 is 0 Å². The van der Waals surface area contributed by atoms with Gasteiger partial charge >= 0.3 is 0 Å². The fourth-order valence-electron chi connectivity index (χ4n) is 2.72. The highest BCUT2D eigenvalue weighted by Gasteiger charge is 2.25. The maximum atomic E-state index is 12.2. The fraction of sp³-hybridized carbons (Fsp3) is 0.533. The predicted molar refractivity (Wildman–Crippen MR) is 70.4 cm³/mol. The van der Waals surface area contributed by atoms with Gasteiger partial charge in [-0.05, 0) is 38.3 Å². The van der Waals surface area contributed by atoms with E-state index in [0.717, 1.165) is 24.1 Å². The quantitative estimate of drug-likeness (QED) is 0.742. The summed E-state index contributed by atoms with van der Waals surface area (Å²) in [6, 6.07) is 8.49. The zero-order chi connectivity index (χ0) is 12.3. The summed E-state index contributed by atoms with van der Waals surface area (Å²) in [5.74, 6) is 0.267. The lowest BCUT2D eigenvalue weighted by molar-refractivity contribution is 0.0919. The van der Waals surface area contributed by atoms with Crippen LogP contribution in [0, 0.1) is 6.92 Å². The SMILES string of the molecule is CCC1CCCN1CC(=O)c1ccccc1C. The molecule has 1 saturated heterocycles. The van der Waals surface area contributed by atoms with E-state index in [1.807, 2.05) is 31.2 Å². The molecule has 0 saturated carbocycles. The molecule has 2 nitrogen and oxygen atoms in total. The third-order valence-electron chi connectivity index (χ3n) is 3.76. The molecule has 1 aliphatic rings. The lowest BCUT2D eigenvalue weighted by Crippen LogP contribution is -2.34. The van der Waals surface area contributed by atoms with Gasteiger partial charge in [0.05, 0.1) is 6.54 Å². The number of carbonyl (C=O) groups is 1. The lowest BCUT2D eigenvalue weighted by atomic mass is 10.0. The molecular formula is C15H21NO. The molecule has 1 aromatic carbocycles. The molecule has 1 aromatic rings. The summed E-state index contributed by atoms with van der Waals surface area (Å²) in [6.45, 7) is 5.88. The summed E-state index contributed by atoms with van der Waals surface area (Å²) in [5.41, 5.74) is 1.97. The molecule has 1 aliphatic heterocycles.